The van der Waals surface area contributed by atoms with Gasteiger partial charge in [-0.3, -0.25) is 9.79 Å². The minimum Gasteiger partial charge on any atom is -0.356 e. The molecule has 0 unspecified atom stereocenters. The number of hydrogen-bond acceptors (Lipinski definition) is 4. The first-order chi connectivity index (χ1) is 13.5. The third kappa shape index (κ3) is 6.55. The summed E-state index contributed by atoms with van der Waals surface area (Å²) in [6, 6.07) is 7.64. The van der Waals surface area contributed by atoms with E-state index >= 15 is 0 Å². The van der Waals surface area contributed by atoms with Crippen LogP contribution in [0.1, 0.15) is 21.1 Å². The van der Waals surface area contributed by atoms with Crippen LogP contribution < -0.4 is 5.32 Å². The summed E-state index contributed by atoms with van der Waals surface area (Å²) in [4.78, 5) is 26.6. The van der Waals surface area contributed by atoms with Crippen molar-refractivity contribution in [2.24, 2.45) is 4.99 Å². The Morgan fingerprint density at radius 1 is 1.28 bits per heavy atom. The maximum Gasteiger partial charge on any atom is 0.242 e. The average molecular weight is 548 g/mol. The van der Waals surface area contributed by atoms with Crippen LogP contribution in [-0.2, 0) is 17.8 Å². The number of nitrogens with zero attached hydrogens (tertiary/aromatic N) is 4. The fourth-order valence-corrected chi connectivity index (χ4v) is 4.35. The zero-order valence-electron chi connectivity index (χ0n) is 16.9. The standard InChI is InChI=1S/C20H26ClN5OS.HI/c1-14-18(28-15(2)24-14)8-9-23-20(22-3)26-11-10-25(19(27)13-26)12-16-4-6-17(21)7-5-16;/h4-7H,8-13H2,1-3H3,(H,22,23);1H. The number of halogens is 2. The Labute approximate surface area is 198 Å². The molecule has 1 aliphatic rings. The van der Waals surface area contributed by atoms with Crippen LogP contribution in [0.25, 0.3) is 0 Å². The van der Waals surface area contributed by atoms with Crippen LogP contribution in [0, 0.1) is 13.8 Å². The zero-order chi connectivity index (χ0) is 20.1. The predicted molar refractivity (Wildman–Crippen MR) is 131 cm³/mol. The lowest BCUT2D eigenvalue weighted by molar-refractivity contribution is -0.135. The molecule has 0 spiro atoms. The summed E-state index contributed by atoms with van der Waals surface area (Å²) in [7, 11) is 1.76. The maximum absolute atomic E-state index is 12.6. The minimum absolute atomic E-state index is 0. The molecule has 1 aromatic heterocycles. The third-order valence-electron chi connectivity index (χ3n) is 4.75. The molecule has 0 aliphatic carbocycles. The molecule has 2 heterocycles. The molecule has 6 nitrogen and oxygen atoms in total. The summed E-state index contributed by atoms with van der Waals surface area (Å²) < 4.78 is 0. The summed E-state index contributed by atoms with van der Waals surface area (Å²) in [6.07, 6.45) is 0.904. The van der Waals surface area contributed by atoms with Crippen molar-refractivity contribution in [1.82, 2.24) is 20.1 Å². The van der Waals surface area contributed by atoms with Gasteiger partial charge >= 0.3 is 0 Å². The summed E-state index contributed by atoms with van der Waals surface area (Å²) in [5.74, 6) is 0.886. The zero-order valence-corrected chi connectivity index (χ0v) is 20.8. The maximum atomic E-state index is 12.6. The van der Waals surface area contributed by atoms with Crippen LogP contribution in [0.4, 0.5) is 0 Å². The van der Waals surface area contributed by atoms with Gasteiger partial charge in [-0.25, -0.2) is 4.98 Å². The van der Waals surface area contributed by atoms with E-state index in [9.17, 15) is 4.79 Å². The Morgan fingerprint density at radius 2 is 2.00 bits per heavy atom. The van der Waals surface area contributed by atoms with Crippen LogP contribution in [0.3, 0.4) is 0 Å². The van der Waals surface area contributed by atoms with Crippen LogP contribution >= 0.6 is 46.9 Å². The number of hydrogen-bond donors (Lipinski definition) is 1. The fourth-order valence-electron chi connectivity index (χ4n) is 3.29. The Kier molecular flexibility index (Phi) is 9.16. The lowest BCUT2D eigenvalue weighted by Gasteiger charge is -2.36. The fraction of sp³-hybridized carbons (Fsp3) is 0.450. The van der Waals surface area contributed by atoms with E-state index < -0.39 is 0 Å². The van der Waals surface area contributed by atoms with Gasteiger partial charge in [0.1, 0.15) is 0 Å². The molecular weight excluding hydrogens is 521 g/mol. The molecule has 1 aliphatic heterocycles. The molecule has 2 aromatic rings. The van der Waals surface area contributed by atoms with E-state index in [0.29, 0.717) is 24.7 Å². The van der Waals surface area contributed by atoms with Gasteiger partial charge in [0.15, 0.2) is 5.96 Å². The lowest BCUT2D eigenvalue weighted by Crippen LogP contribution is -2.55. The summed E-state index contributed by atoms with van der Waals surface area (Å²) in [6.45, 7) is 7.24. The SMILES string of the molecule is CN=C(NCCc1sc(C)nc1C)N1CCN(Cc2ccc(Cl)cc2)C(=O)C1.I. The molecule has 29 heavy (non-hydrogen) atoms. The molecule has 0 bridgehead atoms. The van der Waals surface area contributed by atoms with E-state index in [1.165, 1.54) is 4.88 Å². The second kappa shape index (κ2) is 11.1. The number of benzene rings is 1. The number of aliphatic imine (C=N–C) groups is 1. The van der Waals surface area contributed by atoms with Gasteiger partial charge in [-0.05, 0) is 31.5 Å². The molecule has 1 fully saturated rings. The highest BCUT2D eigenvalue weighted by Gasteiger charge is 2.25. The quantitative estimate of drug-likeness (QED) is 0.354. The predicted octanol–water partition coefficient (Wildman–Crippen LogP) is 3.49. The Balaban J connectivity index is 0.00000300. The summed E-state index contributed by atoms with van der Waals surface area (Å²) in [5.41, 5.74) is 2.19. The smallest absolute Gasteiger partial charge is 0.242 e. The number of amides is 1. The van der Waals surface area contributed by atoms with Gasteiger partial charge in [0.05, 0.1) is 17.2 Å². The number of aryl methyl sites for hydroxylation is 2. The van der Waals surface area contributed by atoms with E-state index in [4.69, 9.17) is 11.6 Å². The van der Waals surface area contributed by atoms with Crippen molar-refractivity contribution < 1.29 is 4.79 Å². The van der Waals surface area contributed by atoms with Gasteiger partial charge in [0, 0.05) is 49.5 Å². The molecule has 1 aromatic carbocycles. The first kappa shape index (κ1) is 23.9. The van der Waals surface area contributed by atoms with Crippen LogP contribution in [-0.4, -0.2) is 59.9 Å². The number of rotatable bonds is 5. The van der Waals surface area contributed by atoms with Crippen molar-refractivity contribution in [2.75, 3.05) is 33.2 Å². The Bertz CT molecular complexity index is 855. The molecule has 1 N–H and O–H groups in total. The first-order valence-corrected chi connectivity index (χ1v) is 10.6. The van der Waals surface area contributed by atoms with Crippen molar-refractivity contribution in [1.29, 1.82) is 0 Å². The van der Waals surface area contributed by atoms with Gasteiger partial charge in [-0.15, -0.1) is 35.3 Å². The molecule has 0 atom stereocenters. The molecule has 9 heteroatoms. The molecule has 1 saturated heterocycles. The summed E-state index contributed by atoms with van der Waals surface area (Å²) >= 11 is 7.67. The molecule has 1 amide bonds. The lowest BCUT2D eigenvalue weighted by atomic mass is 10.2. The first-order valence-electron chi connectivity index (χ1n) is 9.37. The monoisotopic (exact) mass is 547 g/mol. The van der Waals surface area contributed by atoms with E-state index in [-0.39, 0.29) is 29.9 Å². The molecule has 0 radical (unpaired) electrons. The van der Waals surface area contributed by atoms with E-state index in [1.807, 2.05) is 47.9 Å². The van der Waals surface area contributed by atoms with Gasteiger partial charge < -0.3 is 15.1 Å². The summed E-state index contributed by atoms with van der Waals surface area (Å²) in [5, 5.41) is 5.19. The van der Waals surface area contributed by atoms with E-state index in [2.05, 4.69) is 15.3 Å². The van der Waals surface area contributed by atoms with Gasteiger partial charge in [0.2, 0.25) is 5.91 Å². The second-order valence-corrected chi connectivity index (χ2v) is 8.55. The normalized spacial score (nSPS) is 14.8. The van der Waals surface area contributed by atoms with Gasteiger partial charge in [-0.2, -0.15) is 0 Å². The highest BCUT2D eigenvalue weighted by atomic mass is 127. The Hall–Kier alpha value is -1.39. The van der Waals surface area contributed by atoms with Crippen molar-refractivity contribution in [3.05, 3.63) is 50.4 Å². The number of carbonyl (C=O) groups excluding carboxylic acids is 1. The number of thiazole rings is 1. The van der Waals surface area contributed by atoms with Crippen LogP contribution in [0.5, 0.6) is 0 Å². The molecular formula is C20H27ClIN5OS. The van der Waals surface area contributed by atoms with Crippen LogP contribution in [0.2, 0.25) is 5.02 Å². The number of piperazine rings is 1. The van der Waals surface area contributed by atoms with Crippen molar-refractivity contribution in [3.63, 3.8) is 0 Å². The Morgan fingerprint density at radius 3 is 2.59 bits per heavy atom. The minimum atomic E-state index is 0. The van der Waals surface area contributed by atoms with Crippen molar-refractivity contribution in [2.45, 2.75) is 26.8 Å². The van der Waals surface area contributed by atoms with E-state index in [1.54, 1.807) is 18.4 Å². The number of guanidine groups is 1. The van der Waals surface area contributed by atoms with Gasteiger partial charge in [-0.1, -0.05) is 23.7 Å². The number of aromatic nitrogens is 1. The van der Waals surface area contributed by atoms with E-state index in [0.717, 1.165) is 41.7 Å². The highest BCUT2D eigenvalue weighted by molar-refractivity contribution is 14.0. The molecule has 158 valence electrons. The second-order valence-electron chi connectivity index (χ2n) is 6.83. The van der Waals surface area contributed by atoms with Crippen molar-refractivity contribution >= 4 is 58.8 Å². The average Bonchev–Trinajstić information content (AvgIpc) is 2.99. The highest BCUT2D eigenvalue weighted by Crippen LogP contribution is 2.17. The van der Waals surface area contributed by atoms with Gasteiger partial charge in [0.25, 0.3) is 0 Å². The number of nitrogens with one attached hydrogen (secondary N) is 1. The molecule has 3 rings (SSSR count). The van der Waals surface area contributed by atoms with Crippen LogP contribution in [0.15, 0.2) is 29.3 Å². The topological polar surface area (TPSA) is 60.8 Å². The number of carbonyl (C=O) groups is 1. The third-order valence-corrected chi connectivity index (χ3v) is 6.14. The largest absolute Gasteiger partial charge is 0.356 e. The van der Waals surface area contributed by atoms with Crippen molar-refractivity contribution in [3.8, 4) is 0 Å². The molecule has 0 saturated carbocycles.